The third-order valence-electron chi connectivity index (χ3n) is 3.79. The fourth-order valence-electron chi connectivity index (χ4n) is 2.88. The van der Waals surface area contributed by atoms with Crippen LogP contribution in [0.3, 0.4) is 0 Å². The molecule has 1 fully saturated rings. The molecule has 1 aliphatic rings. The Morgan fingerprint density at radius 2 is 2.15 bits per heavy atom. The van der Waals surface area contributed by atoms with Gasteiger partial charge in [-0.2, -0.15) is 0 Å². The summed E-state index contributed by atoms with van der Waals surface area (Å²) in [7, 11) is 0. The number of aliphatic hydroxyl groups is 1. The van der Waals surface area contributed by atoms with Crippen LogP contribution >= 0.6 is 22.6 Å². The molecule has 2 heterocycles. The molecule has 1 unspecified atom stereocenters. The lowest BCUT2D eigenvalue weighted by molar-refractivity contribution is 0.0532. The lowest BCUT2D eigenvalue weighted by Gasteiger charge is -2.35. The van der Waals surface area contributed by atoms with Crippen LogP contribution in [-0.4, -0.2) is 33.3 Å². The number of aromatic nitrogens is 2. The van der Waals surface area contributed by atoms with Crippen molar-refractivity contribution in [3.05, 3.63) is 15.6 Å². The molecule has 0 bridgehead atoms. The molecule has 2 rings (SSSR count). The van der Waals surface area contributed by atoms with Gasteiger partial charge in [0.05, 0.1) is 20.9 Å². The van der Waals surface area contributed by atoms with Crippen LogP contribution in [0.15, 0.2) is 6.33 Å². The standard InChI is InChI=1S/C15H24IN3O/c1-10(2)8-11-13(16)14(18-9-17-11)19-7-5-6-12(19)15(3,4)20/h9-10,12,20H,5-8H2,1-4H3. The van der Waals surface area contributed by atoms with Crippen molar-refractivity contribution in [2.75, 3.05) is 11.4 Å². The van der Waals surface area contributed by atoms with Gasteiger partial charge >= 0.3 is 0 Å². The molecule has 0 aromatic carbocycles. The second-order valence-electron chi connectivity index (χ2n) is 6.56. The monoisotopic (exact) mass is 389 g/mol. The van der Waals surface area contributed by atoms with E-state index in [9.17, 15) is 5.11 Å². The summed E-state index contributed by atoms with van der Waals surface area (Å²) in [5, 5.41) is 10.4. The van der Waals surface area contributed by atoms with Crippen LogP contribution < -0.4 is 4.90 Å². The molecular weight excluding hydrogens is 365 g/mol. The Labute approximate surface area is 135 Å². The average Bonchev–Trinajstić information content (AvgIpc) is 2.80. The maximum atomic E-state index is 10.4. The average molecular weight is 389 g/mol. The molecule has 1 aromatic heterocycles. The number of anilines is 1. The smallest absolute Gasteiger partial charge is 0.146 e. The molecule has 1 aliphatic heterocycles. The fraction of sp³-hybridized carbons (Fsp3) is 0.733. The highest BCUT2D eigenvalue weighted by Gasteiger charge is 2.37. The highest BCUT2D eigenvalue weighted by molar-refractivity contribution is 14.1. The number of rotatable bonds is 4. The van der Waals surface area contributed by atoms with E-state index in [-0.39, 0.29) is 6.04 Å². The maximum Gasteiger partial charge on any atom is 0.146 e. The third kappa shape index (κ3) is 3.42. The first-order valence-electron chi connectivity index (χ1n) is 7.29. The Balaban J connectivity index is 2.33. The van der Waals surface area contributed by atoms with E-state index >= 15 is 0 Å². The van der Waals surface area contributed by atoms with Crippen LogP contribution in [-0.2, 0) is 6.42 Å². The fourth-order valence-corrected chi connectivity index (χ4v) is 3.69. The number of hydrogen-bond acceptors (Lipinski definition) is 4. The van der Waals surface area contributed by atoms with Gasteiger partial charge in [0.25, 0.3) is 0 Å². The van der Waals surface area contributed by atoms with Crippen molar-refractivity contribution in [1.82, 2.24) is 9.97 Å². The zero-order valence-corrected chi connectivity index (χ0v) is 14.9. The van der Waals surface area contributed by atoms with Crippen molar-refractivity contribution in [2.24, 2.45) is 5.92 Å². The van der Waals surface area contributed by atoms with Crippen LogP contribution in [0, 0.1) is 9.49 Å². The third-order valence-corrected chi connectivity index (χ3v) is 4.89. The summed E-state index contributed by atoms with van der Waals surface area (Å²) in [6, 6.07) is 0.137. The van der Waals surface area contributed by atoms with Gasteiger partial charge in [0.15, 0.2) is 0 Å². The molecule has 0 spiro atoms. The zero-order chi connectivity index (χ0) is 14.9. The molecule has 1 aromatic rings. The second-order valence-corrected chi connectivity index (χ2v) is 7.64. The SMILES string of the molecule is CC(C)Cc1ncnc(N2CCCC2C(C)(C)O)c1I. The van der Waals surface area contributed by atoms with Gasteiger partial charge in [0.2, 0.25) is 0 Å². The predicted octanol–water partition coefficient (Wildman–Crippen LogP) is 3.02. The predicted molar refractivity (Wildman–Crippen MR) is 90.0 cm³/mol. The van der Waals surface area contributed by atoms with Crippen LogP contribution in [0.2, 0.25) is 0 Å². The molecule has 1 N–H and O–H groups in total. The molecular formula is C15H24IN3O. The summed E-state index contributed by atoms with van der Waals surface area (Å²) < 4.78 is 1.13. The summed E-state index contributed by atoms with van der Waals surface area (Å²) in [4.78, 5) is 11.2. The highest BCUT2D eigenvalue weighted by Crippen LogP contribution is 2.33. The molecule has 0 radical (unpaired) electrons. The van der Waals surface area contributed by atoms with E-state index in [1.807, 2.05) is 13.8 Å². The Hall–Kier alpha value is -0.430. The minimum absolute atomic E-state index is 0.137. The molecule has 20 heavy (non-hydrogen) atoms. The molecule has 1 atom stereocenters. The lowest BCUT2D eigenvalue weighted by Crippen LogP contribution is -2.46. The van der Waals surface area contributed by atoms with Gasteiger partial charge in [-0.25, -0.2) is 9.97 Å². The van der Waals surface area contributed by atoms with E-state index in [2.05, 4.69) is 51.3 Å². The van der Waals surface area contributed by atoms with Gasteiger partial charge in [0.1, 0.15) is 12.1 Å². The van der Waals surface area contributed by atoms with E-state index < -0.39 is 5.60 Å². The van der Waals surface area contributed by atoms with Crippen LogP contribution in [0.5, 0.6) is 0 Å². The van der Waals surface area contributed by atoms with Crippen LogP contribution in [0.25, 0.3) is 0 Å². The normalized spacial score (nSPS) is 19.9. The van der Waals surface area contributed by atoms with E-state index in [4.69, 9.17) is 0 Å². The molecule has 5 heteroatoms. The Bertz CT molecular complexity index is 471. The number of hydrogen-bond donors (Lipinski definition) is 1. The highest BCUT2D eigenvalue weighted by atomic mass is 127. The van der Waals surface area contributed by atoms with Crippen molar-refractivity contribution >= 4 is 28.4 Å². The quantitative estimate of drug-likeness (QED) is 0.805. The minimum Gasteiger partial charge on any atom is -0.388 e. The van der Waals surface area contributed by atoms with E-state index in [1.165, 1.54) is 0 Å². The minimum atomic E-state index is -0.706. The largest absolute Gasteiger partial charge is 0.388 e. The first-order valence-corrected chi connectivity index (χ1v) is 8.37. The Morgan fingerprint density at radius 1 is 1.45 bits per heavy atom. The first-order chi connectivity index (χ1) is 9.30. The number of nitrogens with zero attached hydrogens (tertiary/aromatic N) is 3. The summed E-state index contributed by atoms with van der Waals surface area (Å²) >= 11 is 2.35. The van der Waals surface area contributed by atoms with Gasteiger partial charge in [-0.15, -0.1) is 0 Å². The Kier molecular flexibility index (Phi) is 4.89. The second kappa shape index (κ2) is 6.13. The summed E-state index contributed by atoms with van der Waals surface area (Å²) in [6.45, 7) is 9.14. The number of halogens is 1. The van der Waals surface area contributed by atoms with Gasteiger partial charge in [0, 0.05) is 6.54 Å². The van der Waals surface area contributed by atoms with Gasteiger partial charge in [-0.05, 0) is 61.6 Å². The molecule has 112 valence electrons. The first kappa shape index (κ1) is 15.9. The lowest BCUT2D eigenvalue weighted by atomic mass is 9.96. The molecule has 0 amide bonds. The van der Waals surface area contributed by atoms with Crippen molar-refractivity contribution in [2.45, 2.75) is 58.6 Å². The molecule has 4 nitrogen and oxygen atoms in total. The Morgan fingerprint density at radius 3 is 2.75 bits per heavy atom. The summed E-state index contributed by atoms with van der Waals surface area (Å²) in [5.74, 6) is 1.57. The van der Waals surface area contributed by atoms with Gasteiger partial charge in [-0.1, -0.05) is 13.8 Å². The topological polar surface area (TPSA) is 49.2 Å². The van der Waals surface area contributed by atoms with Gasteiger partial charge < -0.3 is 10.0 Å². The zero-order valence-electron chi connectivity index (χ0n) is 12.7. The summed E-state index contributed by atoms with van der Waals surface area (Å²) in [6.07, 6.45) is 4.75. The molecule has 1 saturated heterocycles. The molecule has 0 aliphatic carbocycles. The van der Waals surface area contributed by atoms with E-state index in [0.717, 1.165) is 40.9 Å². The molecule has 0 saturated carbocycles. The van der Waals surface area contributed by atoms with Crippen molar-refractivity contribution in [3.63, 3.8) is 0 Å². The summed E-state index contributed by atoms with van der Waals surface area (Å²) in [5.41, 5.74) is 0.412. The van der Waals surface area contributed by atoms with Crippen LogP contribution in [0.1, 0.15) is 46.2 Å². The van der Waals surface area contributed by atoms with E-state index in [1.54, 1.807) is 6.33 Å². The van der Waals surface area contributed by atoms with Gasteiger partial charge in [-0.3, -0.25) is 0 Å². The maximum absolute atomic E-state index is 10.4. The van der Waals surface area contributed by atoms with Crippen molar-refractivity contribution < 1.29 is 5.11 Å². The van der Waals surface area contributed by atoms with Crippen LogP contribution in [0.4, 0.5) is 5.82 Å². The van der Waals surface area contributed by atoms with Crippen molar-refractivity contribution in [3.8, 4) is 0 Å². The van der Waals surface area contributed by atoms with E-state index in [0.29, 0.717) is 5.92 Å². The van der Waals surface area contributed by atoms with Crippen molar-refractivity contribution in [1.29, 1.82) is 0 Å².